The Morgan fingerprint density at radius 3 is 2.35 bits per heavy atom. The Balaban J connectivity index is 1.46. The Morgan fingerprint density at radius 2 is 1.75 bits per heavy atom. The van der Waals surface area contributed by atoms with E-state index in [2.05, 4.69) is 15.6 Å². The summed E-state index contributed by atoms with van der Waals surface area (Å²) in [5.74, 6) is -0.747. The van der Waals surface area contributed by atoms with Crippen molar-refractivity contribution in [2.45, 2.75) is 98.1 Å². The number of pyridine rings is 1. The summed E-state index contributed by atoms with van der Waals surface area (Å²) in [5, 5.41) is 5.74. The fourth-order valence-electron chi connectivity index (χ4n) is 5.50. The molecule has 0 spiro atoms. The zero-order valence-corrected chi connectivity index (χ0v) is 24.3. The van der Waals surface area contributed by atoms with Gasteiger partial charge in [-0.3, -0.25) is 14.4 Å². The maximum Gasteiger partial charge on any atom is 0.407 e. The number of rotatable bonds is 6. The number of hydrogen-bond donors (Lipinski definition) is 3. The fraction of sp³-hybridized carbons (Fsp3) is 0.533. The molecule has 0 bridgehead atoms. The van der Waals surface area contributed by atoms with Gasteiger partial charge in [0.2, 0.25) is 0 Å². The molecule has 1 aromatic carbocycles. The van der Waals surface area contributed by atoms with Gasteiger partial charge >= 0.3 is 6.09 Å². The molecule has 10 heteroatoms. The van der Waals surface area contributed by atoms with Gasteiger partial charge in [0.05, 0.1) is 5.56 Å². The molecule has 2 aliphatic rings. The molecule has 1 saturated carbocycles. The van der Waals surface area contributed by atoms with E-state index in [1.165, 1.54) is 6.07 Å². The number of nitrogens with one attached hydrogen (secondary N) is 3. The number of carbonyl (C=O) groups excluding carboxylic acids is 3. The van der Waals surface area contributed by atoms with Crippen molar-refractivity contribution in [2.75, 3.05) is 0 Å². The maximum absolute atomic E-state index is 13.2. The number of fused-ring (bicyclic) bond motifs is 1. The molecule has 3 N–H and O–H groups in total. The lowest BCUT2D eigenvalue weighted by Crippen LogP contribution is -2.48. The highest BCUT2D eigenvalue weighted by molar-refractivity contribution is 5.99. The van der Waals surface area contributed by atoms with Crippen LogP contribution in [-0.2, 0) is 11.3 Å². The number of ether oxygens (including phenoxy) is 3. The molecular weight excluding hydrogens is 514 g/mol. The van der Waals surface area contributed by atoms with E-state index in [9.17, 15) is 19.2 Å². The molecule has 4 rings (SSSR count). The fourth-order valence-corrected chi connectivity index (χ4v) is 5.50. The molecule has 10 nitrogen and oxygen atoms in total. The second-order valence-corrected chi connectivity index (χ2v) is 12.0. The van der Waals surface area contributed by atoms with Crippen molar-refractivity contribution >= 4 is 18.3 Å². The molecule has 1 aromatic heterocycles. The smallest absolute Gasteiger partial charge is 0.407 e. The lowest BCUT2D eigenvalue weighted by atomic mass is 9.81. The minimum atomic E-state index is -1.02. The molecule has 1 atom stereocenters. The molecule has 40 heavy (non-hydrogen) atoms. The highest BCUT2D eigenvalue weighted by atomic mass is 16.7. The Bertz CT molecular complexity index is 1380. The highest BCUT2D eigenvalue weighted by Gasteiger charge is 2.47. The molecule has 1 aliphatic carbocycles. The number of alkyl carbamates (subject to hydrolysis) is 1. The van der Waals surface area contributed by atoms with Crippen LogP contribution < -0.4 is 25.7 Å². The van der Waals surface area contributed by atoms with E-state index in [0.29, 0.717) is 28.9 Å². The Labute approximate surface area is 234 Å². The van der Waals surface area contributed by atoms with Gasteiger partial charge in [0.25, 0.3) is 17.3 Å². The average Bonchev–Trinajstić information content (AvgIpc) is 3.22. The number of aldehydes is 1. The standard InChI is InChI=1S/C30H39N3O7/c1-16-12-17(2)32-27(36)23(16)14-31-26(35)22-13-19(15-34)25-24(18(22)3)38-30(7,39-25)20-8-10-21(11-9-20)33-28(37)40-29(4,5)6/h12-13,15,20-21H,8-11,14H2,1-7H3,(H,31,35)(H,32,36)(H,33,37)/t20-,21-,30?. The van der Waals surface area contributed by atoms with Gasteiger partial charge in [0.1, 0.15) is 5.60 Å². The lowest BCUT2D eigenvalue weighted by molar-refractivity contribution is -0.121. The summed E-state index contributed by atoms with van der Waals surface area (Å²) in [5.41, 5.74) is 2.24. The predicted octanol–water partition coefficient (Wildman–Crippen LogP) is 4.61. The number of amides is 2. The molecule has 1 aliphatic heterocycles. The van der Waals surface area contributed by atoms with E-state index >= 15 is 0 Å². The van der Waals surface area contributed by atoms with Crippen molar-refractivity contribution in [3.63, 3.8) is 0 Å². The minimum absolute atomic E-state index is 0.00371. The number of benzene rings is 1. The van der Waals surface area contributed by atoms with Crippen molar-refractivity contribution in [2.24, 2.45) is 5.92 Å². The monoisotopic (exact) mass is 553 g/mol. The number of carbonyl (C=O) groups is 3. The van der Waals surface area contributed by atoms with E-state index in [1.807, 2.05) is 40.7 Å². The molecule has 2 amide bonds. The zero-order chi connectivity index (χ0) is 29.4. The summed E-state index contributed by atoms with van der Waals surface area (Å²) in [4.78, 5) is 52.5. The van der Waals surface area contributed by atoms with E-state index in [0.717, 1.165) is 36.9 Å². The zero-order valence-electron chi connectivity index (χ0n) is 24.3. The summed E-state index contributed by atoms with van der Waals surface area (Å²) in [6.45, 7) is 12.7. The molecule has 0 saturated heterocycles. The van der Waals surface area contributed by atoms with Crippen LogP contribution in [0.5, 0.6) is 11.5 Å². The molecule has 2 aromatic rings. The van der Waals surface area contributed by atoms with Gasteiger partial charge < -0.3 is 29.8 Å². The number of aromatic amines is 1. The SMILES string of the molecule is Cc1cc(C)c(CNC(=O)c2cc(C=O)c3c(c2C)OC(C)([C@H]2CC[C@H](NC(=O)OC(C)(C)C)CC2)O3)c(=O)[nH]1. The molecule has 1 unspecified atom stereocenters. The van der Waals surface area contributed by atoms with Gasteiger partial charge in [-0.15, -0.1) is 0 Å². The number of hydrogen-bond acceptors (Lipinski definition) is 7. The van der Waals surface area contributed by atoms with Gasteiger partial charge in [-0.05, 0) is 84.9 Å². The van der Waals surface area contributed by atoms with E-state index < -0.39 is 23.4 Å². The van der Waals surface area contributed by atoms with Gasteiger partial charge in [-0.1, -0.05) is 0 Å². The second-order valence-electron chi connectivity index (χ2n) is 12.0. The molecule has 1 fully saturated rings. The van der Waals surface area contributed by atoms with Crippen LogP contribution in [0.25, 0.3) is 0 Å². The second kappa shape index (κ2) is 11.0. The van der Waals surface area contributed by atoms with Crippen molar-refractivity contribution in [1.29, 1.82) is 0 Å². The molecule has 0 radical (unpaired) electrons. The van der Waals surface area contributed by atoms with E-state index in [4.69, 9.17) is 14.2 Å². The Hall–Kier alpha value is -3.82. The van der Waals surface area contributed by atoms with Crippen LogP contribution in [0.4, 0.5) is 4.79 Å². The van der Waals surface area contributed by atoms with Crippen LogP contribution in [0.2, 0.25) is 0 Å². The first kappa shape index (κ1) is 29.2. The van der Waals surface area contributed by atoms with Crippen LogP contribution in [0.3, 0.4) is 0 Å². The van der Waals surface area contributed by atoms with E-state index in [-0.39, 0.29) is 35.2 Å². The van der Waals surface area contributed by atoms with Crippen molar-refractivity contribution < 1.29 is 28.6 Å². The van der Waals surface area contributed by atoms with Gasteiger partial charge in [-0.25, -0.2) is 4.79 Å². The van der Waals surface area contributed by atoms with Crippen molar-refractivity contribution in [1.82, 2.24) is 15.6 Å². The third kappa shape index (κ3) is 6.16. The van der Waals surface area contributed by atoms with Crippen LogP contribution in [0.1, 0.15) is 96.5 Å². The summed E-state index contributed by atoms with van der Waals surface area (Å²) < 4.78 is 18.0. The molecule has 216 valence electrons. The molecular formula is C30H39N3O7. The third-order valence-corrected chi connectivity index (χ3v) is 7.60. The number of H-pyrrole nitrogens is 1. The number of aryl methyl sites for hydroxylation is 2. The first-order valence-electron chi connectivity index (χ1n) is 13.7. The third-order valence-electron chi connectivity index (χ3n) is 7.60. The Kier molecular flexibility index (Phi) is 8.01. The molecule has 2 heterocycles. The summed E-state index contributed by atoms with van der Waals surface area (Å²) in [7, 11) is 0. The predicted molar refractivity (Wildman–Crippen MR) is 149 cm³/mol. The summed E-state index contributed by atoms with van der Waals surface area (Å²) in [6, 6.07) is 3.34. The average molecular weight is 554 g/mol. The van der Waals surface area contributed by atoms with Gasteiger partial charge in [-0.2, -0.15) is 0 Å². The lowest BCUT2D eigenvalue weighted by Gasteiger charge is -2.37. The minimum Gasteiger partial charge on any atom is -0.448 e. The van der Waals surface area contributed by atoms with Crippen molar-refractivity contribution in [3.8, 4) is 11.5 Å². The summed E-state index contributed by atoms with van der Waals surface area (Å²) in [6.07, 6.45) is 3.15. The van der Waals surface area contributed by atoms with Crippen LogP contribution in [0.15, 0.2) is 16.9 Å². The van der Waals surface area contributed by atoms with Gasteiger partial charge in [0.15, 0.2) is 17.8 Å². The topological polar surface area (TPSA) is 136 Å². The van der Waals surface area contributed by atoms with E-state index in [1.54, 1.807) is 13.8 Å². The van der Waals surface area contributed by atoms with Crippen LogP contribution >= 0.6 is 0 Å². The van der Waals surface area contributed by atoms with Crippen LogP contribution in [-0.4, -0.2) is 40.7 Å². The van der Waals surface area contributed by atoms with Gasteiger partial charge in [0, 0.05) is 47.8 Å². The highest BCUT2D eigenvalue weighted by Crippen LogP contribution is 2.49. The van der Waals surface area contributed by atoms with Crippen LogP contribution in [0, 0.1) is 26.7 Å². The van der Waals surface area contributed by atoms with Crippen molar-refractivity contribution in [3.05, 3.63) is 56.0 Å². The Morgan fingerprint density at radius 1 is 1.10 bits per heavy atom. The quantitative estimate of drug-likeness (QED) is 0.444. The normalized spacial score (nSPS) is 22.0. The largest absolute Gasteiger partial charge is 0.448 e. The first-order chi connectivity index (χ1) is 18.7. The first-order valence-corrected chi connectivity index (χ1v) is 13.7. The maximum atomic E-state index is 13.2. The number of aromatic nitrogens is 1. The summed E-state index contributed by atoms with van der Waals surface area (Å²) >= 11 is 0.